The molecule has 0 unspecified atom stereocenters. The van der Waals surface area contributed by atoms with Gasteiger partial charge in [0.1, 0.15) is 5.82 Å². The van der Waals surface area contributed by atoms with Gasteiger partial charge in [-0.25, -0.2) is 4.39 Å². The van der Waals surface area contributed by atoms with Gasteiger partial charge in [-0.3, -0.25) is 0 Å². The molecule has 0 aromatic heterocycles. The van der Waals surface area contributed by atoms with Gasteiger partial charge in [0.25, 0.3) is 0 Å². The highest BCUT2D eigenvalue weighted by Crippen LogP contribution is 2.28. The topological polar surface area (TPSA) is 32.7 Å². The summed E-state index contributed by atoms with van der Waals surface area (Å²) in [5, 5.41) is 9.31. The van der Waals surface area contributed by atoms with Crippen molar-refractivity contribution in [3.05, 3.63) is 29.6 Å². The Balaban J connectivity index is 2.24. The van der Waals surface area contributed by atoms with Crippen LogP contribution in [0.1, 0.15) is 19.4 Å². The lowest BCUT2D eigenvalue weighted by Gasteiger charge is -2.30. The molecule has 1 heterocycles. The third-order valence-corrected chi connectivity index (χ3v) is 3.48. The average molecular weight is 253 g/mol. The van der Waals surface area contributed by atoms with E-state index in [0.29, 0.717) is 18.9 Å². The first-order valence-electron chi connectivity index (χ1n) is 6.28. The number of hydrogen-bond donors (Lipinski definition) is 1. The van der Waals surface area contributed by atoms with Crippen LogP contribution in [0.2, 0.25) is 0 Å². The number of aliphatic hydroxyl groups is 1. The summed E-state index contributed by atoms with van der Waals surface area (Å²) in [5.74, 6) is -0.226. The Morgan fingerprint density at radius 2 is 2.00 bits per heavy atom. The van der Waals surface area contributed by atoms with Crippen LogP contribution in [-0.4, -0.2) is 38.0 Å². The van der Waals surface area contributed by atoms with Crippen LogP contribution in [0.25, 0.3) is 0 Å². The van der Waals surface area contributed by atoms with Crippen molar-refractivity contribution in [2.75, 3.05) is 37.8 Å². The highest BCUT2D eigenvalue weighted by molar-refractivity contribution is 5.50. The quantitative estimate of drug-likeness (QED) is 0.893. The lowest BCUT2D eigenvalue weighted by molar-refractivity contribution is 0.122. The van der Waals surface area contributed by atoms with Gasteiger partial charge < -0.3 is 14.7 Å². The molecule has 1 saturated heterocycles. The molecule has 1 aromatic carbocycles. The molecule has 100 valence electrons. The van der Waals surface area contributed by atoms with Crippen LogP contribution >= 0.6 is 0 Å². The van der Waals surface area contributed by atoms with E-state index in [4.69, 9.17) is 4.74 Å². The molecule has 1 aliphatic heterocycles. The SMILES string of the molecule is CC(C)(CO)c1ccc(N2CCOCC2)c(F)c1. The summed E-state index contributed by atoms with van der Waals surface area (Å²) >= 11 is 0. The minimum Gasteiger partial charge on any atom is -0.395 e. The Morgan fingerprint density at radius 1 is 1.33 bits per heavy atom. The number of hydrogen-bond acceptors (Lipinski definition) is 3. The van der Waals surface area contributed by atoms with E-state index in [1.807, 2.05) is 24.8 Å². The van der Waals surface area contributed by atoms with Crippen LogP contribution in [-0.2, 0) is 10.2 Å². The highest BCUT2D eigenvalue weighted by atomic mass is 19.1. The molecular formula is C14H20FNO2. The van der Waals surface area contributed by atoms with E-state index in [1.165, 1.54) is 6.07 Å². The Bertz CT molecular complexity index is 414. The lowest BCUT2D eigenvalue weighted by Crippen LogP contribution is -2.36. The second-order valence-corrected chi connectivity index (χ2v) is 5.31. The van der Waals surface area contributed by atoms with E-state index >= 15 is 0 Å². The fraction of sp³-hybridized carbons (Fsp3) is 0.571. The lowest BCUT2D eigenvalue weighted by atomic mass is 9.85. The van der Waals surface area contributed by atoms with Gasteiger partial charge in [-0.15, -0.1) is 0 Å². The minimum absolute atomic E-state index is 0.00331. The Labute approximate surface area is 107 Å². The number of morpholine rings is 1. The molecular weight excluding hydrogens is 233 g/mol. The zero-order valence-corrected chi connectivity index (χ0v) is 10.9. The summed E-state index contributed by atoms with van der Waals surface area (Å²) in [5.41, 5.74) is 1.03. The molecule has 0 amide bonds. The first-order chi connectivity index (χ1) is 8.54. The summed E-state index contributed by atoms with van der Waals surface area (Å²) in [6.07, 6.45) is 0. The van der Waals surface area contributed by atoms with Gasteiger partial charge in [0, 0.05) is 18.5 Å². The molecule has 18 heavy (non-hydrogen) atoms. The highest BCUT2D eigenvalue weighted by Gasteiger charge is 2.22. The molecule has 0 saturated carbocycles. The van der Waals surface area contributed by atoms with Crippen molar-refractivity contribution >= 4 is 5.69 Å². The molecule has 0 bridgehead atoms. The van der Waals surface area contributed by atoms with Crippen LogP contribution in [0.4, 0.5) is 10.1 Å². The van der Waals surface area contributed by atoms with Crippen LogP contribution in [0.15, 0.2) is 18.2 Å². The number of halogens is 1. The van der Waals surface area contributed by atoms with Crippen LogP contribution in [0.3, 0.4) is 0 Å². The summed E-state index contributed by atoms with van der Waals surface area (Å²) in [6, 6.07) is 5.22. The molecule has 2 rings (SSSR count). The van der Waals surface area contributed by atoms with Gasteiger partial charge in [0.2, 0.25) is 0 Å². The van der Waals surface area contributed by atoms with Gasteiger partial charge in [-0.05, 0) is 17.7 Å². The molecule has 0 aliphatic carbocycles. The maximum Gasteiger partial charge on any atom is 0.146 e. The first-order valence-corrected chi connectivity index (χ1v) is 6.28. The molecule has 0 spiro atoms. The molecule has 1 aromatic rings. The second kappa shape index (κ2) is 5.24. The molecule has 1 fully saturated rings. The van der Waals surface area contributed by atoms with E-state index in [2.05, 4.69) is 0 Å². The Morgan fingerprint density at radius 3 is 2.56 bits per heavy atom. The largest absolute Gasteiger partial charge is 0.395 e. The van der Waals surface area contributed by atoms with Gasteiger partial charge in [-0.1, -0.05) is 19.9 Å². The van der Waals surface area contributed by atoms with Crippen molar-refractivity contribution in [1.29, 1.82) is 0 Å². The number of aliphatic hydroxyl groups excluding tert-OH is 1. The summed E-state index contributed by atoms with van der Waals surface area (Å²) in [7, 11) is 0. The third kappa shape index (κ3) is 2.65. The van der Waals surface area contributed by atoms with E-state index in [1.54, 1.807) is 6.07 Å². The number of anilines is 1. The summed E-state index contributed by atoms with van der Waals surface area (Å²) in [6.45, 7) is 6.53. The van der Waals surface area contributed by atoms with Crippen LogP contribution in [0.5, 0.6) is 0 Å². The fourth-order valence-electron chi connectivity index (χ4n) is 2.08. The molecule has 3 nitrogen and oxygen atoms in total. The number of benzene rings is 1. The molecule has 4 heteroatoms. The smallest absolute Gasteiger partial charge is 0.146 e. The average Bonchev–Trinajstić information content (AvgIpc) is 2.39. The van der Waals surface area contributed by atoms with Crippen molar-refractivity contribution in [2.45, 2.75) is 19.3 Å². The van der Waals surface area contributed by atoms with Gasteiger partial charge in [0.15, 0.2) is 0 Å². The molecule has 0 radical (unpaired) electrons. The van der Waals surface area contributed by atoms with E-state index < -0.39 is 5.41 Å². The van der Waals surface area contributed by atoms with Crippen molar-refractivity contribution in [1.82, 2.24) is 0 Å². The molecule has 0 atom stereocenters. The van der Waals surface area contributed by atoms with Gasteiger partial charge in [0.05, 0.1) is 25.5 Å². The maximum absolute atomic E-state index is 14.1. The first kappa shape index (κ1) is 13.3. The fourth-order valence-corrected chi connectivity index (χ4v) is 2.08. The normalized spacial score (nSPS) is 17.0. The van der Waals surface area contributed by atoms with E-state index in [9.17, 15) is 9.50 Å². The number of ether oxygens (including phenoxy) is 1. The van der Waals surface area contributed by atoms with Gasteiger partial charge in [-0.2, -0.15) is 0 Å². The van der Waals surface area contributed by atoms with Crippen molar-refractivity contribution < 1.29 is 14.2 Å². The number of rotatable bonds is 3. The monoisotopic (exact) mass is 253 g/mol. The second-order valence-electron chi connectivity index (χ2n) is 5.31. The molecule has 1 N–H and O–H groups in total. The van der Waals surface area contributed by atoms with E-state index in [0.717, 1.165) is 18.7 Å². The van der Waals surface area contributed by atoms with Crippen LogP contribution in [0, 0.1) is 5.82 Å². The van der Waals surface area contributed by atoms with Gasteiger partial charge >= 0.3 is 0 Å². The standard InChI is InChI=1S/C14H20FNO2/c1-14(2,10-17)11-3-4-13(12(15)9-11)16-5-7-18-8-6-16/h3-4,9,17H,5-8,10H2,1-2H3. The zero-order valence-electron chi connectivity index (χ0n) is 10.9. The van der Waals surface area contributed by atoms with Crippen molar-refractivity contribution in [3.8, 4) is 0 Å². The van der Waals surface area contributed by atoms with Crippen molar-refractivity contribution in [3.63, 3.8) is 0 Å². The summed E-state index contributed by atoms with van der Waals surface area (Å²) < 4.78 is 19.4. The Kier molecular flexibility index (Phi) is 3.88. The minimum atomic E-state index is -0.412. The molecule has 1 aliphatic rings. The van der Waals surface area contributed by atoms with E-state index in [-0.39, 0.29) is 12.4 Å². The number of nitrogens with zero attached hydrogens (tertiary/aromatic N) is 1. The maximum atomic E-state index is 14.1. The zero-order chi connectivity index (χ0) is 13.2. The third-order valence-electron chi connectivity index (χ3n) is 3.48. The van der Waals surface area contributed by atoms with Crippen molar-refractivity contribution in [2.24, 2.45) is 0 Å². The Hall–Kier alpha value is -1.13. The van der Waals surface area contributed by atoms with Crippen LogP contribution < -0.4 is 4.90 Å². The predicted octanol–water partition coefficient (Wildman–Crippen LogP) is 1.93. The summed E-state index contributed by atoms with van der Waals surface area (Å²) in [4.78, 5) is 1.99. The predicted molar refractivity (Wildman–Crippen MR) is 69.5 cm³/mol.